The van der Waals surface area contributed by atoms with Crippen LogP contribution in [-0.4, -0.2) is 59.0 Å². The molecule has 0 radical (unpaired) electrons. The van der Waals surface area contributed by atoms with E-state index in [-0.39, 0.29) is 25.0 Å². The number of fused-ring (bicyclic) bond motifs is 1. The zero-order chi connectivity index (χ0) is 23.3. The van der Waals surface area contributed by atoms with Crippen molar-refractivity contribution in [3.05, 3.63) is 71.0 Å². The van der Waals surface area contributed by atoms with E-state index in [4.69, 9.17) is 4.74 Å². The van der Waals surface area contributed by atoms with Gasteiger partial charge in [-0.25, -0.2) is 14.2 Å². The Labute approximate surface area is 187 Å². The number of alkyl carbamates (subject to hydrolysis) is 1. The van der Waals surface area contributed by atoms with Gasteiger partial charge in [-0.2, -0.15) is 0 Å². The van der Waals surface area contributed by atoms with Crippen molar-refractivity contribution in [3.8, 4) is 0 Å². The van der Waals surface area contributed by atoms with Crippen molar-refractivity contribution in [2.45, 2.75) is 44.9 Å². The Morgan fingerprint density at radius 2 is 1.97 bits per heavy atom. The first-order valence-corrected chi connectivity index (χ1v) is 10.6. The van der Waals surface area contributed by atoms with Gasteiger partial charge in [0.25, 0.3) is 0 Å². The molecule has 1 aliphatic rings. The van der Waals surface area contributed by atoms with Gasteiger partial charge in [0.15, 0.2) is 0 Å². The molecule has 2 amide bonds. The molecule has 8 heteroatoms. The lowest BCUT2D eigenvalue weighted by molar-refractivity contribution is -0.140. The average Bonchev–Trinajstić information content (AvgIpc) is 2.75. The minimum atomic E-state index is -0.721. The number of amides is 2. The summed E-state index contributed by atoms with van der Waals surface area (Å²) in [6, 6.07) is 13.1. The van der Waals surface area contributed by atoms with Gasteiger partial charge >= 0.3 is 6.09 Å². The molecule has 0 bridgehead atoms. The molecule has 2 aromatic rings. The molecule has 2 aromatic carbocycles. The van der Waals surface area contributed by atoms with Gasteiger partial charge in [-0.3, -0.25) is 9.80 Å². The van der Waals surface area contributed by atoms with E-state index >= 15 is 0 Å². The topological polar surface area (TPSA) is 82.1 Å². The summed E-state index contributed by atoms with van der Waals surface area (Å²) in [5.74, 6) is -0.335. The molecular weight excluding hydrogens is 413 g/mol. The monoisotopic (exact) mass is 443 g/mol. The maximum absolute atomic E-state index is 13.6. The first-order valence-electron chi connectivity index (χ1n) is 10.6. The Morgan fingerprint density at radius 1 is 1.28 bits per heavy atom. The lowest BCUT2D eigenvalue weighted by Crippen LogP contribution is -2.54. The number of benzene rings is 2. The Bertz CT molecular complexity index is 930. The van der Waals surface area contributed by atoms with Crippen LogP contribution in [0.5, 0.6) is 0 Å². The molecule has 0 spiro atoms. The first kappa shape index (κ1) is 23.7. The predicted molar refractivity (Wildman–Crippen MR) is 118 cm³/mol. The lowest BCUT2D eigenvalue weighted by Gasteiger charge is -2.43. The van der Waals surface area contributed by atoms with Gasteiger partial charge in [0.1, 0.15) is 11.4 Å². The summed E-state index contributed by atoms with van der Waals surface area (Å²) >= 11 is 0. The van der Waals surface area contributed by atoms with Crippen molar-refractivity contribution in [3.63, 3.8) is 0 Å². The highest BCUT2D eigenvalue weighted by molar-refractivity contribution is 5.68. The molecule has 0 saturated carbocycles. The number of rotatable bonds is 7. The van der Waals surface area contributed by atoms with Crippen molar-refractivity contribution >= 4 is 12.5 Å². The maximum Gasteiger partial charge on any atom is 0.408 e. The molecule has 1 aliphatic heterocycles. The second-order valence-corrected chi connectivity index (χ2v) is 8.82. The van der Waals surface area contributed by atoms with Crippen LogP contribution in [0.3, 0.4) is 0 Å². The number of hydrogen-bond donors (Lipinski definition) is 2. The molecule has 0 fully saturated rings. The molecule has 0 unspecified atom stereocenters. The van der Waals surface area contributed by atoms with Crippen molar-refractivity contribution in [1.29, 1.82) is 0 Å². The summed E-state index contributed by atoms with van der Waals surface area (Å²) in [6.07, 6.45) is 0.743. The van der Waals surface area contributed by atoms with Gasteiger partial charge in [0.05, 0.1) is 25.2 Å². The largest absolute Gasteiger partial charge is 0.444 e. The molecule has 32 heavy (non-hydrogen) atoms. The number of hydrogen-bond acceptors (Lipinski definition) is 5. The second kappa shape index (κ2) is 10.1. The normalized spacial score (nSPS) is 17.2. The molecule has 2 N–H and O–H groups in total. The number of carbonyl (C=O) groups excluding carboxylic acids is 2. The van der Waals surface area contributed by atoms with E-state index in [0.29, 0.717) is 13.0 Å². The van der Waals surface area contributed by atoms with Crippen molar-refractivity contribution in [2.24, 2.45) is 0 Å². The summed E-state index contributed by atoms with van der Waals surface area (Å²) in [6.45, 7) is 5.47. The van der Waals surface area contributed by atoms with Crippen molar-refractivity contribution < 1.29 is 23.8 Å². The lowest BCUT2D eigenvalue weighted by atomic mass is 9.89. The Kier molecular flexibility index (Phi) is 7.48. The van der Waals surface area contributed by atoms with Crippen LogP contribution in [0, 0.1) is 5.82 Å². The Morgan fingerprint density at radius 3 is 2.59 bits per heavy atom. The number of nitrogens with zero attached hydrogens (tertiary/aromatic N) is 2. The fraction of sp³-hybridized carbons (Fsp3) is 0.417. The predicted octanol–water partition coefficient (Wildman–Crippen LogP) is 3.03. The van der Waals surface area contributed by atoms with Gasteiger partial charge in [0, 0.05) is 6.54 Å². The minimum Gasteiger partial charge on any atom is -0.444 e. The van der Waals surface area contributed by atoms with Crippen LogP contribution < -0.4 is 5.32 Å². The smallest absolute Gasteiger partial charge is 0.408 e. The third kappa shape index (κ3) is 5.83. The number of hydrazine groups is 1. The highest BCUT2D eigenvalue weighted by Gasteiger charge is 2.33. The highest BCUT2D eigenvalue weighted by Crippen LogP contribution is 2.35. The number of aliphatic hydroxyl groups excluding tert-OH is 1. The third-order valence-electron chi connectivity index (χ3n) is 5.24. The molecule has 2 atom stereocenters. The van der Waals surface area contributed by atoms with Crippen LogP contribution in [0.2, 0.25) is 0 Å². The van der Waals surface area contributed by atoms with E-state index in [1.807, 2.05) is 23.2 Å². The van der Waals surface area contributed by atoms with Crippen LogP contribution in [0.4, 0.5) is 9.18 Å². The molecule has 172 valence electrons. The fourth-order valence-electron chi connectivity index (χ4n) is 3.88. The molecule has 3 rings (SSSR count). The highest BCUT2D eigenvalue weighted by atomic mass is 19.1. The molecule has 0 saturated heterocycles. The fourth-order valence-corrected chi connectivity index (χ4v) is 3.88. The van der Waals surface area contributed by atoms with Gasteiger partial charge in [0.2, 0.25) is 6.41 Å². The second-order valence-electron chi connectivity index (χ2n) is 8.82. The third-order valence-corrected chi connectivity index (χ3v) is 5.24. The van der Waals surface area contributed by atoms with E-state index in [0.717, 1.165) is 23.1 Å². The van der Waals surface area contributed by atoms with Crippen LogP contribution in [-0.2, 0) is 16.0 Å². The summed E-state index contributed by atoms with van der Waals surface area (Å²) in [7, 11) is 0. The summed E-state index contributed by atoms with van der Waals surface area (Å²) < 4.78 is 18.8. The van der Waals surface area contributed by atoms with Crippen LogP contribution in [0.1, 0.15) is 43.5 Å². The minimum absolute atomic E-state index is 0.0547. The number of halogens is 1. The van der Waals surface area contributed by atoms with Crippen LogP contribution >= 0.6 is 0 Å². The molecule has 1 heterocycles. The van der Waals surface area contributed by atoms with Crippen LogP contribution in [0.25, 0.3) is 0 Å². The number of aliphatic hydroxyl groups is 1. The molecular formula is C24H30FN3O4. The van der Waals surface area contributed by atoms with Gasteiger partial charge < -0.3 is 15.2 Å². The molecule has 7 nitrogen and oxygen atoms in total. The molecule has 0 aliphatic carbocycles. The Hall–Kier alpha value is -2.97. The standard InChI is InChI=1S/C24H30FN3O4/c1-24(2,3)32-23(31)26-20(15-29)14-27(16-30)28-13-12-17-6-4-5-7-21(17)22(28)18-8-10-19(25)11-9-18/h4-11,16,20,22,29H,12-15H2,1-3H3,(H,26,31)/t20-,22+/m1/s1. The Balaban J connectivity index is 1.86. The number of carbonyl (C=O) groups is 2. The maximum atomic E-state index is 13.6. The molecule has 0 aromatic heterocycles. The zero-order valence-corrected chi connectivity index (χ0v) is 18.6. The SMILES string of the molecule is CC(C)(C)OC(=O)N[C@@H](CO)CN(C=O)N1CCc2ccccc2[C@@H]1c1ccc(F)cc1. The van der Waals surface area contributed by atoms with E-state index in [1.165, 1.54) is 17.1 Å². The van der Waals surface area contributed by atoms with E-state index < -0.39 is 17.7 Å². The van der Waals surface area contributed by atoms with Gasteiger partial charge in [-0.15, -0.1) is 0 Å². The van der Waals surface area contributed by atoms with E-state index in [1.54, 1.807) is 32.9 Å². The number of nitrogens with one attached hydrogen (secondary N) is 1. The van der Waals surface area contributed by atoms with Gasteiger partial charge in [-0.05, 0) is 56.0 Å². The summed E-state index contributed by atoms with van der Waals surface area (Å²) in [5.41, 5.74) is 2.34. The van der Waals surface area contributed by atoms with Crippen LogP contribution in [0.15, 0.2) is 48.5 Å². The first-order chi connectivity index (χ1) is 15.2. The average molecular weight is 444 g/mol. The zero-order valence-electron chi connectivity index (χ0n) is 18.6. The van der Waals surface area contributed by atoms with E-state index in [9.17, 15) is 19.1 Å². The summed E-state index contributed by atoms with van der Waals surface area (Å²) in [5, 5.41) is 15.8. The van der Waals surface area contributed by atoms with Gasteiger partial charge in [-0.1, -0.05) is 36.4 Å². The van der Waals surface area contributed by atoms with Crippen molar-refractivity contribution in [2.75, 3.05) is 19.7 Å². The van der Waals surface area contributed by atoms with E-state index in [2.05, 4.69) is 11.4 Å². The quantitative estimate of drug-likeness (QED) is 0.643. The summed E-state index contributed by atoms with van der Waals surface area (Å²) in [4.78, 5) is 24.3. The van der Waals surface area contributed by atoms with Crippen molar-refractivity contribution in [1.82, 2.24) is 15.3 Å². The number of ether oxygens (including phenoxy) is 1.